The highest BCUT2D eigenvalue weighted by Crippen LogP contribution is 2.58. The van der Waals surface area contributed by atoms with Crippen LogP contribution in [0.4, 0.5) is 34.1 Å². The third kappa shape index (κ3) is 11.5. The van der Waals surface area contributed by atoms with Gasteiger partial charge in [-0.25, -0.2) is 0 Å². The van der Waals surface area contributed by atoms with Gasteiger partial charge in [0.1, 0.15) is 0 Å². The van der Waals surface area contributed by atoms with E-state index in [0.29, 0.717) is 0 Å². The minimum atomic E-state index is -0.465. The van der Waals surface area contributed by atoms with Gasteiger partial charge in [0.15, 0.2) is 0 Å². The molecule has 0 saturated heterocycles. The molecule has 18 aromatic rings. The molecule has 0 N–H and O–H groups in total. The van der Waals surface area contributed by atoms with Crippen molar-refractivity contribution in [2.75, 3.05) is 9.80 Å². The van der Waals surface area contributed by atoms with Gasteiger partial charge in [-0.15, -0.1) is 0 Å². The maximum absolute atomic E-state index is 2.43. The van der Waals surface area contributed by atoms with Gasteiger partial charge in [-0.1, -0.05) is 354 Å². The molecule has 0 aliphatic heterocycles. The third-order valence-corrected chi connectivity index (χ3v) is 22.6. The van der Waals surface area contributed by atoms with Crippen LogP contribution in [0.3, 0.4) is 0 Å². The highest BCUT2D eigenvalue weighted by atomic mass is 15.1. The van der Waals surface area contributed by atoms with Crippen molar-refractivity contribution in [2.45, 2.75) is 24.7 Å². The first-order valence-corrected chi connectivity index (χ1v) is 37.5. The van der Waals surface area contributed by atoms with Crippen molar-refractivity contribution >= 4 is 66.4 Å². The van der Waals surface area contributed by atoms with Crippen LogP contribution in [0.1, 0.15) is 47.2 Å². The zero-order valence-electron chi connectivity index (χ0n) is 60.3. The van der Waals surface area contributed by atoms with E-state index in [1.165, 1.54) is 144 Å². The first-order chi connectivity index (χ1) is 53.3. The van der Waals surface area contributed by atoms with Gasteiger partial charge in [-0.3, -0.25) is 0 Å². The Labute approximate surface area is 632 Å². The van der Waals surface area contributed by atoms with Crippen LogP contribution in [0.25, 0.3) is 110 Å². The standard InChI is InChI=1S/C53H37N.C53H39N/c1-5-16-39(17-6-1)47-26-15-18-41-36-40(30-34-48(41)47)38-28-31-45(32-29-38)54(44-23-11-4-12-24-44)46-33-35-50-49-25-13-14-27-51(49)53(52(50)37-46,42-19-7-2-8-20-42)43-21-9-3-10-22-43;1-53(2)51-21-9-8-18-49(51)50-33-31-44(35-52(50)53)54(43-29-24-39(25-30-43)47-19-10-15-38-14-6-7-17-45(38)47)42-27-22-36(23-28-42)40-26-32-48-41(34-40)16-11-20-46(48)37-12-4-3-5-13-37/h1-37H;3-35H,1-2H3. The average molecular weight is 1380 g/mol. The summed E-state index contributed by atoms with van der Waals surface area (Å²) in [6, 6.07) is 155. The van der Waals surface area contributed by atoms with Crippen LogP contribution >= 0.6 is 0 Å². The van der Waals surface area contributed by atoms with Crippen molar-refractivity contribution in [2.24, 2.45) is 0 Å². The van der Waals surface area contributed by atoms with Gasteiger partial charge in [-0.2, -0.15) is 0 Å². The molecule has 510 valence electrons. The summed E-state index contributed by atoms with van der Waals surface area (Å²) in [7, 11) is 0. The van der Waals surface area contributed by atoms with Crippen molar-refractivity contribution in [3.05, 3.63) is 458 Å². The lowest BCUT2D eigenvalue weighted by atomic mass is 9.67. The van der Waals surface area contributed by atoms with Gasteiger partial charge in [0.05, 0.1) is 5.41 Å². The number of hydrogen-bond acceptors (Lipinski definition) is 2. The molecule has 0 heterocycles. The summed E-state index contributed by atoms with van der Waals surface area (Å²) in [5, 5.41) is 7.54. The topological polar surface area (TPSA) is 6.48 Å². The van der Waals surface area contributed by atoms with Crippen LogP contribution in [-0.4, -0.2) is 0 Å². The van der Waals surface area contributed by atoms with Crippen LogP contribution in [0, 0.1) is 0 Å². The molecule has 0 bridgehead atoms. The highest BCUT2D eigenvalue weighted by molar-refractivity contribution is 6.02. The summed E-state index contributed by atoms with van der Waals surface area (Å²) in [6.45, 7) is 4.71. The van der Waals surface area contributed by atoms with Crippen LogP contribution < -0.4 is 9.80 Å². The molecule has 2 heteroatoms. The monoisotopic (exact) mass is 1380 g/mol. The smallest absolute Gasteiger partial charge is 0.0714 e. The molecule has 0 fully saturated rings. The van der Waals surface area contributed by atoms with Crippen molar-refractivity contribution in [3.8, 4) is 77.9 Å². The minimum Gasteiger partial charge on any atom is -0.310 e. The van der Waals surface area contributed by atoms with Gasteiger partial charge in [0.2, 0.25) is 0 Å². The van der Waals surface area contributed by atoms with Gasteiger partial charge in [-0.05, 0) is 229 Å². The second-order valence-corrected chi connectivity index (χ2v) is 29.0. The van der Waals surface area contributed by atoms with Crippen LogP contribution in [0.2, 0.25) is 0 Å². The number of nitrogens with zero attached hydrogens (tertiary/aromatic N) is 2. The molecule has 2 aliphatic carbocycles. The predicted molar refractivity (Wildman–Crippen MR) is 457 cm³/mol. The van der Waals surface area contributed by atoms with E-state index in [1.807, 2.05) is 0 Å². The molecule has 2 nitrogen and oxygen atoms in total. The number of benzene rings is 18. The van der Waals surface area contributed by atoms with Gasteiger partial charge < -0.3 is 9.80 Å². The summed E-state index contributed by atoms with van der Waals surface area (Å²) in [4.78, 5) is 4.79. The number of rotatable bonds is 13. The summed E-state index contributed by atoms with van der Waals surface area (Å²) >= 11 is 0. The van der Waals surface area contributed by atoms with Crippen LogP contribution in [0.15, 0.2) is 425 Å². The normalized spacial score (nSPS) is 12.7. The van der Waals surface area contributed by atoms with Crippen LogP contribution in [-0.2, 0) is 10.8 Å². The second kappa shape index (κ2) is 27.4. The van der Waals surface area contributed by atoms with Gasteiger partial charge in [0, 0.05) is 39.5 Å². The zero-order chi connectivity index (χ0) is 72.1. The Morgan fingerprint density at radius 2 is 0.491 bits per heavy atom. The van der Waals surface area contributed by atoms with Crippen molar-refractivity contribution in [1.29, 1.82) is 0 Å². The Hall–Kier alpha value is -13.7. The highest BCUT2D eigenvalue weighted by Gasteiger charge is 2.46. The summed E-state index contributed by atoms with van der Waals surface area (Å²) in [5.41, 5.74) is 31.6. The molecule has 20 rings (SSSR count). The van der Waals surface area contributed by atoms with Crippen molar-refractivity contribution in [3.63, 3.8) is 0 Å². The van der Waals surface area contributed by atoms with E-state index in [2.05, 4.69) is 448 Å². The Morgan fingerprint density at radius 1 is 0.176 bits per heavy atom. The summed E-state index contributed by atoms with van der Waals surface area (Å²) < 4.78 is 0. The molecule has 108 heavy (non-hydrogen) atoms. The molecule has 0 saturated carbocycles. The predicted octanol–water partition coefficient (Wildman–Crippen LogP) is 28.8. The molecule has 0 unspecified atom stereocenters. The number of anilines is 6. The van der Waals surface area contributed by atoms with Gasteiger partial charge in [0.25, 0.3) is 0 Å². The summed E-state index contributed by atoms with van der Waals surface area (Å²) in [5.74, 6) is 0. The maximum Gasteiger partial charge on any atom is 0.0714 e. The molecule has 0 radical (unpaired) electrons. The average Bonchev–Trinajstić information content (AvgIpc) is 1.50. The SMILES string of the molecule is CC1(C)c2ccccc2-c2ccc(N(c3ccc(-c4ccc5c(-c6ccccc6)cccc5c4)cc3)c3ccc(-c4cccc5ccccc45)cc3)cc21.c1ccc(-c2cccc3cc(-c4ccc(N(c5ccccc5)c5ccc6c(c5)C(c5ccccc5)(c5ccccc5)c5ccccc5-6)cc4)ccc23)cc1. The summed E-state index contributed by atoms with van der Waals surface area (Å²) in [6.07, 6.45) is 0. The van der Waals surface area contributed by atoms with Crippen LogP contribution in [0.5, 0.6) is 0 Å². The number of hydrogen-bond donors (Lipinski definition) is 0. The Balaban J connectivity index is 0.000000147. The van der Waals surface area contributed by atoms with E-state index < -0.39 is 5.41 Å². The molecule has 0 spiro atoms. The lowest BCUT2D eigenvalue weighted by Gasteiger charge is -2.35. The van der Waals surface area contributed by atoms with E-state index in [4.69, 9.17) is 0 Å². The fraction of sp³-hybridized carbons (Fsp3) is 0.0377. The van der Waals surface area contributed by atoms with E-state index in [9.17, 15) is 0 Å². The Bertz CT molecular complexity index is 6300. The quantitative estimate of drug-likeness (QED) is 0.114. The minimum absolute atomic E-state index is 0.0911. The first-order valence-electron chi connectivity index (χ1n) is 37.5. The second-order valence-electron chi connectivity index (χ2n) is 29.0. The lowest BCUT2D eigenvalue weighted by molar-refractivity contribution is 0.660. The van der Waals surface area contributed by atoms with E-state index >= 15 is 0 Å². The molecular weight excluding hydrogens is 1300 g/mol. The molecular formula is C106H76N2. The Morgan fingerprint density at radius 3 is 0.991 bits per heavy atom. The number of para-hydroxylation sites is 1. The van der Waals surface area contributed by atoms with Gasteiger partial charge >= 0.3 is 0 Å². The zero-order valence-corrected chi connectivity index (χ0v) is 60.3. The maximum atomic E-state index is 2.43. The molecule has 0 amide bonds. The molecule has 2 aliphatic rings. The fourth-order valence-electron chi connectivity index (χ4n) is 17.4. The lowest BCUT2D eigenvalue weighted by Crippen LogP contribution is -2.28. The number of fused-ring (bicyclic) bond motifs is 9. The molecule has 0 atom stereocenters. The third-order valence-electron chi connectivity index (χ3n) is 22.6. The van der Waals surface area contributed by atoms with Crippen molar-refractivity contribution < 1.29 is 0 Å². The fourth-order valence-corrected chi connectivity index (χ4v) is 17.4. The Kier molecular flexibility index (Phi) is 16.5. The largest absolute Gasteiger partial charge is 0.310 e. The van der Waals surface area contributed by atoms with E-state index in [1.54, 1.807) is 0 Å². The first kappa shape index (κ1) is 65.1. The molecule has 18 aromatic carbocycles. The van der Waals surface area contributed by atoms with E-state index in [0.717, 1.165) is 34.1 Å². The van der Waals surface area contributed by atoms with Crippen molar-refractivity contribution in [1.82, 2.24) is 0 Å². The molecule has 0 aromatic heterocycles. The van der Waals surface area contributed by atoms with E-state index in [-0.39, 0.29) is 5.41 Å².